The van der Waals surface area contributed by atoms with Crippen LogP contribution in [0.1, 0.15) is 5.56 Å². The third kappa shape index (κ3) is 3.58. The Hall–Kier alpha value is -1.64. The van der Waals surface area contributed by atoms with Crippen LogP contribution in [-0.4, -0.2) is 13.4 Å². The van der Waals surface area contributed by atoms with Gasteiger partial charge in [0, 0.05) is 31.4 Å². The Bertz CT molecular complexity index is 1240. The molecule has 4 nitrogen and oxygen atoms in total. The molecule has 9 heteroatoms. The largest absolute Gasteiger partial charge is 0.265 e. The molecule has 0 unspecified atom stereocenters. The number of nitrogens with one attached hydrogen (secondary N) is 1. The number of benzene rings is 2. The molecule has 2 heterocycles. The Labute approximate surface area is 174 Å². The van der Waals surface area contributed by atoms with Crippen molar-refractivity contribution in [2.45, 2.75) is 11.8 Å². The zero-order valence-electron chi connectivity index (χ0n) is 13.9. The summed E-state index contributed by atoms with van der Waals surface area (Å²) in [5, 5.41) is 5.70. The lowest BCUT2D eigenvalue weighted by Gasteiger charge is -2.10. The second-order valence-corrected chi connectivity index (χ2v) is 10.1. The minimum Gasteiger partial charge on any atom is -0.255 e. The topological polar surface area (TPSA) is 59.1 Å². The predicted octanol–water partition coefficient (Wildman–Crippen LogP) is 6.44. The van der Waals surface area contributed by atoms with E-state index in [9.17, 15) is 8.42 Å². The highest BCUT2D eigenvalue weighted by atomic mass is 35.5. The number of hydrogen-bond acceptors (Lipinski definition) is 5. The van der Waals surface area contributed by atoms with Gasteiger partial charge in [0.2, 0.25) is 0 Å². The van der Waals surface area contributed by atoms with Crippen LogP contribution >= 0.6 is 45.9 Å². The van der Waals surface area contributed by atoms with Gasteiger partial charge in [-0.2, -0.15) is 0 Å². The average Bonchev–Trinajstić information content (AvgIpc) is 3.19. The molecule has 0 amide bonds. The van der Waals surface area contributed by atoms with Crippen LogP contribution in [0.15, 0.2) is 52.1 Å². The Morgan fingerprint density at radius 1 is 1.07 bits per heavy atom. The normalized spacial score (nSPS) is 11.8. The summed E-state index contributed by atoms with van der Waals surface area (Å²) in [6.45, 7) is 1.65. The van der Waals surface area contributed by atoms with Gasteiger partial charge in [0.25, 0.3) is 10.0 Å². The van der Waals surface area contributed by atoms with Gasteiger partial charge >= 0.3 is 0 Å². The maximum Gasteiger partial charge on any atom is 0.265 e. The highest BCUT2D eigenvalue weighted by Gasteiger charge is 2.23. The number of rotatable bonds is 4. The monoisotopic (exact) mass is 454 g/mol. The number of fused-ring (bicyclic) bond motifs is 1. The van der Waals surface area contributed by atoms with Crippen LogP contribution in [0.5, 0.6) is 0 Å². The van der Waals surface area contributed by atoms with Crippen LogP contribution in [0.3, 0.4) is 0 Å². The maximum atomic E-state index is 12.8. The van der Waals surface area contributed by atoms with Crippen molar-refractivity contribution in [3.05, 3.63) is 62.8 Å². The number of halogens is 2. The summed E-state index contributed by atoms with van der Waals surface area (Å²) < 4.78 is 29.3. The van der Waals surface area contributed by atoms with E-state index in [2.05, 4.69) is 9.71 Å². The van der Waals surface area contributed by atoms with Crippen molar-refractivity contribution in [2.75, 3.05) is 4.72 Å². The lowest BCUT2D eigenvalue weighted by Crippen LogP contribution is -2.14. The van der Waals surface area contributed by atoms with Crippen LogP contribution in [0.2, 0.25) is 10.0 Å². The van der Waals surface area contributed by atoms with Gasteiger partial charge in [-0.1, -0.05) is 41.4 Å². The van der Waals surface area contributed by atoms with E-state index < -0.39 is 10.0 Å². The standard InChI is InChI=1S/C18H12Cl2N2O2S3/c1-10-6-11(19)7-14(20)17(10)27(23,24)22-18-21-15(9-26-18)13-8-25-16-5-3-2-4-12(13)16/h2-9H,1H3,(H,21,22). The second kappa shape index (κ2) is 7.07. The molecule has 27 heavy (non-hydrogen) atoms. The lowest BCUT2D eigenvalue weighted by atomic mass is 10.1. The van der Waals surface area contributed by atoms with E-state index in [4.69, 9.17) is 23.2 Å². The van der Waals surface area contributed by atoms with Crippen LogP contribution < -0.4 is 4.72 Å². The minimum atomic E-state index is -3.88. The van der Waals surface area contributed by atoms with Crippen molar-refractivity contribution in [3.8, 4) is 11.3 Å². The predicted molar refractivity (Wildman–Crippen MR) is 115 cm³/mol. The first-order chi connectivity index (χ1) is 12.8. The molecule has 0 aliphatic carbocycles. The van der Waals surface area contributed by atoms with Crippen molar-refractivity contribution in [1.82, 2.24) is 4.98 Å². The fraction of sp³-hybridized carbons (Fsp3) is 0.0556. The maximum absolute atomic E-state index is 12.8. The van der Waals surface area contributed by atoms with E-state index in [0.29, 0.717) is 10.6 Å². The van der Waals surface area contributed by atoms with E-state index in [1.807, 2.05) is 35.0 Å². The zero-order chi connectivity index (χ0) is 19.2. The molecule has 0 aliphatic rings. The molecule has 0 saturated heterocycles. The zero-order valence-corrected chi connectivity index (χ0v) is 17.8. The fourth-order valence-corrected chi connectivity index (χ4v) is 6.92. The summed E-state index contributed by atoms with van der Waals surface area (Å²) in [6.07, 6.45) is 0. The number of hydrogen-bond donors (Lipinski definition) is 1. The SMILES string of the molecule is Cc1cc(Cl)cc(Cl)c1S(=O)(=O)Nc1nc(-c2csc3ccccc23)cs1. The first kappa shape index (κ1) is 18.7. The number of thiazole rings is 1. The van der Waals surface area contributed by atoms with Crippen molar-refractivity contribution in [2.24, 2.45) is 0 Å². The number of sulfonamides is 1. The number of aryl methyl sites for hydroxylation is 1. The Morgan fingerprint density at radius 2 is 1.85 bits per heavy atom. The number of nitrogens with zero attached hydrogens (tertiary/aromatic N) is 1. The summed E-state index contributed by atoms with van der Waals surface area (Å²) in [7, 11) is -3.88. The molecule has 4 aromatic rings. The van der Waals surface area contributed by atoms with E-state index in [1.165, 1.54) is 17.4 Å². The van der Waals surface area contributed by atoms with Gasteiger partial charge in [-0.05, 0) is 30.7 Å². The van der Waals surface area contributed by atoms with Gasteiger partial charge in [0.15, 0.2) is 5.13 Å². The quantitative estimate of drug-likeness (QED) is 0.385. The van der Waals surface area contributed by atoms with Gasteiger partial charge in [-0.15, -0.1) is 22.7 Å². The molecule has 0 saturated carbocycles. The summed E-state index contributed by atoms with van der Waals surface area (Å²) in [4.78, 5) is 4.46. The van der Waals surface area contributed by atoms with E-state index in [1.54, 1.807) is 24.3 Å². The summed E-state index contributed by atoms with van der Waals surface area (Å²) in [5.41, 5.74) is 2.19. The molecule has 0 aliphatic heterocycles. The summed E-state index contributed by atoms with van der Waals surface area (Å²) >= 11 is 14.9. The number of aromatic nitrogens is 1. The molecular formula is C18H12Cl2N2O2S3. The van der Waals surface area contributed by atoms with Gasteiger partial charge < -0.3 is 0 Å². The summed E-state index contributed by atoms with van der Waals surface area (Å²) in [6, 6.07) is 11.0. The van der Waals surface area contributed by atoms with Gasteiger partial charge in [0.05, 0.1) is 10.7 Å². The third-order valence-electron chi connectivity index (χ3n) is 3.95. The van der Waals surface area contributed by atoms with Crippen molar-refractivity contribution in [3.63, 3.8) is 0 Å². The van der Waals surface area contributed by atoms with Crippen LogP contribution in [-0.2, 0) is 10.0 Å². The Kier molecular flexibility index (Phi) is 4.90. The van der Waals surface area contributed by atoms with Crippen LogP contribution in [0.4, 0.5) is 5.13 Å². The van der Waals surface area contributed by atoms with Crippen molar-refractivity contribution >= 4 is 71.1 Å². The highest BCUT2D eigenvalue weighted by molar-refractivity contribution is 7.93. The number of thiophene rings is 1. The molecule has 0 bridgehead atoms. The Balaban J connectivity index is 1.69. The fourth-order valence-electron chi connectivity index (χ4n) is 2.82. The molecule has 2 aromatic carbocycles. The minimum absolute atomic E-state index is 0.00583. The van der Waals surface area contributed by atoms with Crippen LogP contribution in [0, 0.1) is 6.92 Å². The molecule has 0 spiro atoms. The van der Waals surface area contributed by atoms with Gasteiger partial charge in [-0.3, -0.25) is 4.72 Å². The lowest BCUT2D eigenvalue weighted by molar-refractivity contribution is 0.600. The Morgan fingerprint density at radius 3 is 2.63 bits per heavy atom. The molecule has 4 rings (SSSR count). The molecule has 138 valence electrons. The first-order valence-corrected chi connectivity index (χ1v) is 11.8. The van der Waals surface area contributed by atoms with E-state index in [0.717, 1.165) is 21.3 Å². The molecule has 2 aromatic heterocycles. The smallest absolute Gasteiger partial charge is 0.255 e. The average molecular weight is 455 g/mol. The molecule has 1 N–H and O–H groups in total. The third-order valence-corrected chi connectivity index (χ3v) is 7.97. The first-order valence-electron chi connectivity index (χ1n) is 7.76. The molecule has 0 atom stereocenters. The van der Waals surface area contributed by atoms with Crippen molar-refractivity contribution in [1.29, 1.82) is 0 Å². The van der Waals surface area contributed by atoms with E-state index >= 15 is 0 Å². The summed E-state index contributed by atoms with van der Waals surface area (Å²) in [5.74, 6) is 0. The van der Waals surface area contributed by atoms with Gasteiger partial charge in [0.1, 0.15) is 4.90 Å². The second-order valence-electron chi connectivity index (χ2n) is 5.82. The molecule has 0 radical (unpaired) electrons. The van der Waals surface area contributed by atoms with Gasteiger partial charge in [-0.25, -0.2) is 13.4 Å². The molecule has 0 fully saturated rings. The highest BCUT2D eigenvalue weighted by Crippen LogP contribution is 2.36. The van der Waals surface area contributed by atoms with Crippen molar-refractivity contribution < 1.29 is 8.42 Å². The number of anilines is 1. The molecular weight excluding hydrogens is 443 g/mol. The van der Waals surface area contributed by atoms with E-state index in [-0.39, 0.29) is 15.0 Å². The van der Waals surface area contributed by atoms with Crippen LogP contribution in [0.25, 0.3) is 21.3 Å².